The van der Waals surface area contributed by atoms with Crippen LogP contribution in [0.2, 0.25) is 0 Å². The molecule has 33 heavy (non-hydrogen) atoms. The Kier molecular flexibility index (Phi) is 6.01. The zero-order chi connectivity index (χ0) is 23.6. The first-order valence-corrected chi connectivity index (χ1v) is 11.3. The summed E-state index contributed by atoms with van der Waals surface area (Å²) < 4.78 is 52.9. The fourth-order valence-corrected chi connectivity index (χ4v) is 4.53. The third-order valence-corrected chi connectivity index (χ3v) is 6.39. The SMILES string of the molecule is COc1ccc(OC)c(Nc2nc3ccccc3nc2NS(=O)(=O)c2ccc(F)cc2C)c1. The van der Waals surface area contributed by atoms with Crippen LogP contribution in [0.3, 0.4) is 0 Å². The van der Waals surface area contributed by atoms with Crippen LogP contribution < -0.4 is 19.5 Å². The molecule has 0 saturated carbocycles. The first kappa shape index (κ1) is 22.3. The molecule has 0 aliphatic carbocycles. The van der Waals surface area contributed by atoms with E-state index in [-0.39, 0.29) is 22.1 Å². The van der Waals surface area contributed by atoms with E-state index in [1.807, 2.05) is 0 Å². The van der Waals surface area contributed by atoms with Crippen molar-refractivity contribution >= 4 is 38.4 Å². The molecule has 0 aliphatic rings. The van der Waals surface area contributed by atoms with Crippen molar-refractivity contribution in [3.63, 3.8) is 0 Å². The maximum Gasteiger partial charge on any atom is 0.263 e. The monoisotopic (exact) mass is 468 g/mol. The molecule has 0 radical (unpaired) electrons. The molecule has 1 aromatic heterocycles. The highest BCUT2D eigenvalue weighted by Gasteiger charge is 2.22. The lowest BCUT2D eigenvalue weighted by molar-refractivity contribution is 0.405. The number of methoxy groups -OCH3 is 2. The summed E-state index contributed by atoms with van der Waals surface area (Å²) in [6.45, 7) is 1.52. The van der Waals surface area contributed by atoms with Crippen molar-refractivity contribution in [1.29, 1.82) is 0 Å². The van der Waals surface area contributed by atoms with Crippen molar-refractivity contribution in [2.45, 2.75) is 11.8 Å². The number of ether oxygens (including phenoxy) is 2. The number of aromatic nitrogens is 2. The second-order valence-corrected chi connectivity index (χ2v) is 8.77. The first-order valence-electron chi connectivity index (χ1n) is 9.85. The number of para-hydroxylation sites is 2. The van der Waals surface area contributed by atoms with E-state index >= 15 is 0 Å². The molecule has 4 rings (SSSR count). The Morgan fingerprint density at radius 3 is 2.21 bits per heavy atom. The molecule has 0 bridgehead atoms. The Bertz CT molecular complexity index is 1440. The zero-order valence-electron chi connectivity index (χ0n) is 18.1. The number of sulfonamides is 1. The molecule has 0 unspecified atom stereocenters. The number of aryl methyl sites for hydroxylation is 1. The van der Waals surface area contributed by atoms with E-state index in [9.17, 15) is 12.8 Å². The van der Waals surface area contributed by atoms with Crippen LogP contribution in [-0.2, 0) is 10.0 Å². The fourth-order valence-electron chi connectivity index (χ4n) is 3.29. The second kappa shape index (κ2) is 8.91. The number of hydrogen-bond acceptors (Lipinski definition) is 7. The summed E-state index contributed by atoms with van der Waals surface area (Å²) in [6, 6.07) is 15.7. The normalized spacial score (nSPS) is 11.3. The predicted octanol–water partition coefficient (Wildman–Crippen LogP) is 4.64. The van der Waals surface area contributed by atoms with Gasteiger partial charge in [-0.25, -0.2) is 22.8 Å². The second-order valence-electron chi connectivity index (χ2n) is 7.12. The standard InChI is InChI=1S/C23H21FN4O4S/c1-14-12-15(24)8-11-21(14)33(29,30)28-23-22(25-17-6-4-5-7-18(17)26-23)27-19-13-16(31-2)9-10-20(19)32-3/h4-13H,1-3H3,(H,25,27)(H,26,28). The summed E-state index contributed by atoms with van der Waals surface area (Å²) in [5.41, 5.74) is 1.82. The Morgan fingerprint density at radius 2 is 1.58 bits per heavy atom. The molecule has 0 amide bonds. The maximum atomic E-state index is 13.5. The quantitative estimate of drug-likeness (QED) is 0.407. The first-order chi connectivity index (χ1) is 15.8. The van der Waals surface area contributed by atoms with Gasteiger partial charge in [0.15, 0.2) is 11.6 Å². The van der Waals surface area contributed by atoms with E-state index in [1.165, 1.54) is 27.2 Å². The number of halogens is 1. The number of nitrogens with one attached hydrogen (secondary N) is 2. The van der Waals surface area contributed by atoms with Gasteiger partial charge in [-0.05, 0) is 55.0 Å². The van der Waals surface area contributed by atoms with Crippen molar-refractivity contribution in [2.75, 3.05) is 24.3 Å². The average molecular weight is 469 g/mol. The van der Waals surface area contributed by atoms with Crippen molar-refractivity contribution < 1.29 is 22.3 Å². The van der Waals surface area contributed by atoms with Crippen LogP contribution in [0.5, 0.6) is 11.5 Å². The summed E-state index contributed by atoms with van der Waals surface area (Å²) in [7, 11) is -1.04. The van der Waals surface area contributed by atoms with E-state index in [0.29, 0.717) is 28.2 Å². The van der Waals surface area contributed by atoms with Gasteiger partial charge in [0, 0.05) is 6.07 Å². The Balaban J connectivity index is 1.82. The molecule has 0 aliphatic heterocycles. The molecule has 0 fully saturated rings. The van der Waals surface area contributed by atoms with E-state index in [4.69, 9.17) is 9.47 Å². The van der Waals surface area contributed by atoms with Crippen molar-refractivity contribution in [2.24, 2.45) is 0 Å². The third kappa shape index (κ3) is 4.65. The highest BCUT2D eigenvalue weighted by Crippen LogP contribution is 2.34. The molecule has 2 N–H and O–H groups in total. The summed E-state index contributed by atoms with van der Waals surface area (Å²) in [5, 5.41) is 3.09. The molecule has 8 nitrogen and oxygen atoms in total. The number of benzene rings is 3. The largest absolute Gasteiger partial charge is 0.497 e. The van der Waals surface area contributed by atoms with Crippen LogP contribution in [0.25, 0.3) is 11.0 Å². The zero-order valence-corrected chi connectivity index (χ0v) is 18.9. The van der Waals surface area contributed by atoms with Crippen LogP contribution in [0.4, 0.5) is 21.7 Å². The van der Waals surface area contributed by atoms with E-state index in [0.717, 1.165) is 12.1 Å². The summed E-state index contributed by atoms with van der Waals surface area (Å²) >= 11 is 0. The van der Waals surface area contributed by atoms with Gasteiger partial charge in [0.1, 0.15) is 17.3 Å². The molecule has 4 aromatic rings. The van der Waals surface area contributed by atoms with Gasteiger partial charge >= 0.3 is 0 Å². The molecule has 0 saturated heterocycles. The van der Waals surface area contributed by atoms with Gasteiger partial charge in [-0.3, -0.25) is 4.72 Å². The molecular formula is C23H21FN4O4S. The van der Waals surface area contributed by atoms with E-state index in [1.54, 1.807) is 42.5 Å². The molecule has 3 aromatic carbocycles. The van der Waals surface area contributed by atoms with Crippen molar-refractivity contribution in [3.05, 3.63) is 72.0 Å². The van der Waals surface area contributed by atoms with Crippen LogP contribution in [-0.4, -0.2) is 32.6 Å². The lowest BCUT2D eigenvalue weighted by Crippen LogP contribution is -2.17. The van der Waals surface area contributed by atoms with Crippen molar-refractivity contribution in [3.8, 4) is 11.5 Å². The smallest absolute Gasteiger partial charge is 0.263 e. The van der Waals surface area contributed by atoms with Crippen LogP contribution in [0.1, 0.15) is 5.56 Å². The van der Waals surface area contributed by atoms with Gasteiger partial charge in [-0.2, -0.15) is 0 Å². The minimum absolute atomic E-state index is 0.0257. The van der Waals surface area contributed by atoms with Gasteiger partial charge in [0.25, 0.3) is 10.0 Å². The lowest BCUT2D eigenvalue weighted by Gasteiger charge is -2.16. The Hall–Kier alpha value is -3.92. The van der Waals surface area contributed by atoms with Gasteiger partial charge in [-0.15, -0.1) is 0 Å². The number of hydrogen-bond donors (Lipinski definition) is 2. The van der Waals surface area contributed by atoms with Crippen molar-refractivity contribution in [1.82, 2.24) is 9.97 Å². The summed E-state index contributed by atoms with van der Waals surface area (Å²) in [5.74, 6) is 0.667. The number of nitrogens with zero attached hydrogens (tertiary/aromatic N) is 2. The molecule has 10 heteroatoms. The lowest BCUT2D eigenvalue weighted by atomic mass is 10.2. The van der Waals surface area contributed by atoms with E-state index < -0.39 is 15.8 Å². The van der Waals surface area contributed by atoms with Gasteiger partial charge in [-0.1, -0.05) is 12.1 Å². The van der Waals surface area contributed by atoms with Crippen LogP contribution in [0, 0.1) is 12.7 Å². The number of fused-ring (bicyclic) bond motifs is 1. The number of anilines is 3. The minimum Gasteiger partial charge on any atom is -0.497 e. The van der Waals surface area contributed by atoms with Crippen LogP contribution >= 0.6 is 0 Å². The molecule has 170 valence electrons. The Morgan fingerprint density at radius 1 is 0.879 bits per heavy atom. The highest BCUT2D eigenvalue weighted by atomic mass is 32.2. The molecular weight excluding hydrogens is 447 g/mol. The Labute approximate surface area is 190 Å². The molecule has 0 atom stereocenters. The minimum atomic E-state index is -4.09. The molecule has 1 heterocycles. The topological polar surface area (TPSA) is 102 Å². The predicted molar refractivity (Wildman–Crippen MR) is 124 cm³/mol. The third-order valence-electron chi connectivity index (χ3n) is 4.89. The van der Waals surface area contributed by atoms with Gasteiger partial charge < -0.3 is 14.8 Å². The van der Waals surface area contributed by atoms with E-state index in [2.05, 4.69) is 20.0 Å². The highest BCUT2D eigenvalue weighted by molar-refractivity contribution is 7.92. The van der Waals surface area contributed by atoms with Gasteiger partial charge in [0.2, 0.25) is 0 Å². The number of rotatable bonds is 7. The average Bonchev–Trinajstić information content (AvgIpc) is 2.78. The summed E-state index contributed by atoms with van der Waals surface area (Å²) in [6.07, 6.45) is 0. The van der Waals surface area contributed by atoms with Gasteiger partial charge in [0.05, 0.1) is 35.8 Å². The van der Waals surface area contributed by atoms with Crippen LogP contribution in [0.15, 0.2) is 65.6 Å². The molecule has 0 spiro atoms. The fraction of sp³-hybridized carbons (Fsp3) is 0.130. The summed E-state index contributed by atoms with van der Waals surface area (Å²) in [4.78, 5) is 8.96. The maximum absolute atomic E-state index is 13.5.